The largest absolute Gasteiger partial charge is 0.368 e. The minimum absolute atomic E-state index is 0.00713. The Morgan fingerprint density at radius 3 is 2.56 bits per heavy atom. The number of amides is 1. The lowest BCUT2D eigenvalue weighted by atomic mass is 10.2. The number of piperazine rings is 1. The van der Waals surface area contributed by atoms with Crippen LogP contribution in [0.3, 0.4) is 0 Å². The van der Waals surface area contributed by atoms with E-state index >= 15 is 0 Å². The van der Waals surface area contributed by atoms with Crippen molar-refractivity contribution in [2.24, 2.45) is 0 Å². The number of para-hydroxylation sites is 1. The highest BCUT2D eigenvalue weighted by molar-refractivity contribution is 6.06. The molecule has 25 heavy (non-hydrogen) atoms. The van der Waals surface area contributed by atoms with Gasteiger partial charge in [0.15, 0.2) is 0 Å². The number of hydrogen-bond acceptors (Lipinski definition) is 4. The lowest BCUT2D eigenvalue weighted by Gasteiger charge is -2.35. The van der Waals surface area contributed by atoms with Crippen molar-refractivity contribution < 1.29 is 4.79 Å². The Balaban J connectivity index is 1.47. The number of carbonyl (C=O) groups excluding carboxylic acids is 1. The molecule has 1 aromatic carbocycles. The molecule has 4 rings (SSSR count). The van der Waals surface area contributed by atoms with E-state index in [2.05, 4.69) is 27.8 Å². The minimum atomic E-state index is -0.00713. The zero-order valence-corrected chi connectivity index (χ0v) is 14.7. The summed E-state index contributed by atoms with van der Waals surface area (Å²) in [6.07, 6.45) is 2.76. The smallest absolute Gasteiger partial charge is 0.276 e. The highest BCUT2D eigenvalue weighted by atomic mass is 16.2. The Morgan fingerprint density at radius 1 is 1.04 bits per heavy atom. The summed E-state index contributed by atoms with van der Waals surface area (Å²) in [4.78, 5) is 23.9. The number of nitrogens with zero attached hydrogens (tertiary/aromatic N) is 4. The molecule has 1 saturated heterocycles. The Labute approximate surface area is 148 Å². The fraction of sp³-hybridized carbons (Fsp3) is 0.400. The third-order valence-corrected chi connectivity index (χ3v) is 5.28. The molecular formula is C20H24N4O. The van der Waals surface area contributed by atoms with E-state index in [1.807, 2.05) is 41.4 Å². The number of fused-ring (bicyclic) bond motifs is 1. The summed E-state index contributed by atoms with van der Waals surface area (Å²) in [7, 11) is 0. The maximum Gasteiger partial charge on any atom is 0.276 e. The van der Waals surface area contributed by atoms with Crippen LogP contribution in [0.15, 0.2) is 42.6 Å². The Hall–Kier alpha value is -2.40. The van der Waals surface area contributed by atoms with E-state index in [9.17, 15) is 4.79 Å². The number of anilines is 2. The molecule has 0 aliphatic carbocycles. The van der Waals surface area contributed by atoms with Gasteiger partial charge >= 0.3 is 0 Å². The van der Waals surface area contributed by atoms with Crippen LogP contribution in [0.5, 0.6) is 0 Å². The summed E-state index contributed by atoms with van der Waals surface area (Å²) in [6.45, 7) is 8.25. The number of rotatable bonds is 3. The first-order valence-corrected chi connectivity index (χ1v) is 9.09. The molecule has 130 valence electrons. The number of pyridine rings is 1. The van der Waals surface area contributed by atoms with Crippen LogP contribution in [0.2, 0.25) is 0 Å². The van der Waals surface area contributed by atoms with E-state index in [-0.39, 0.29) is 5.91 Å². The number of likely N-dealkylation sites (N-methyl/N-ethyl adjacent to an activating group) is 1. The summed E-state index contributed by atoms with van der Waals surface area (Å²) in [5, 5.41) is 0. The van der Waals surface area contributed by atoms with Crippen molar-refractivity contribution in [2.45, 2.75) is 13.3 Å². The van der Waals surface area contributed by atoms with Crippen molar-refractivity contribution in [1.29, 1.82) is 0 Å². The van der Waals surface area contributed by atoms with E-state index in [0.29, 0.717) is 5.69 Å². The molecule has 0 unspecified atom stereocenters. The SMILES string of the molecule is CCN1CCN(c2ccc(C(=O)N3CCc4ccccc43)nc2)CC1. The van der Waals surface area contributed by atoms with E-state index in [1.165, 1.54) is 5.56 Å². The molecule has 0 bridgehead atoms. The molecule has 0 atom stereocenters. The van der Waals surface area contributed by atoms with Crippen molar-refractivity contribution >= 4 is 17.3 Å². The van der Waals surface area contributed by atoms with E-state index in [1.54, 1.807) is 0 Å². The second-order valence-electron chi connectivity index (χ2n) is 6.66. The standard InChI is InChI=1S/C20H24N4O/c1-2-22-11-13-23(14-12-22)17-7-8-18(21-15-17)20(25)24-10-9-16-5-3-4-6-19(16)24/h3-8,15H,2,9-14H2,1H3. The molecule has 2 aliphatic heterocycles. The summed E-state index contributed by atoms with van der Waals surface area (Å²) in [6, 6.07) is 12.0. The Bertz CT molecular complexity index is 751. The van der Waals surface area contributed by atoms with Gasteiger partial charge in [-0.2, -0.15) is 0 Å². The van der Waals surface area contributed by atoms with Crippen LogP contribution in [-0.4, -0.2) is 55.1 Å². The third-order valence-electron chi connectivity index (χ3n) is 5.28. The Morgan fingerprint density at radius 2 is 1.84 bits per heavy atom. The van der Waals surface area contributed by atoms with Gasteiger partial charge < -0.3 is 14.7 Å². The molecule has 2 aliphatic rings. The fourth-order valence-electron chi connectivity index (χ4n) is 3.71. The average molecular weight is 336 g/mol. The van der Waals surface area contributed by atoms with Gasteiger partial charge in [-0.15, -0.1) is 0 Å². The number of aromatic nitrogens is 1. The summed E-state index contributed by atoms with van der Waals surface area (Å²) >= 11 is 0. The molecule has 2 aromatic rings. The molecule has 0 spiro atoms. The van der Waals surface area contributed by atoms with E-state index < -0.39 is 0 Å². The van der Waals surface area contributed by atoms with Crippen molar-refractivity contribution in [3.05, 3.63) is 53.9 Å². The first-order chi connectivity index (χ1) is 12.3. The predicted molar refractivity (Wildman–Crippen MR) is 100 cm³/mol. The monoisotopic (exact) mass is 336 g/mol. The molecule has 0 radical (unpaired) electrons. The lowest BCUT2D eigenvalue weighted by molar-refractivity contribution is 0.0984. The predicted octanol–water partition coefficient (Wildman–Crippen LogP) is 2.43. The third kappa shape index (κ3) is 3.12. The fourth-order valence-corrected chi connectivity index (χ4v) is 3.71. The molecule has 5 nitrogen and oxygen atoms in total. The molecule has 3 heterocycles. The Kier molecular flexibility index (Phi) is 4.40. The first kappa shape index (κ1) is 16.1. The van der Waals surface area contributed by atoms with Crippen LogP contribution in [0.25, 0.3) is 0 Å². The van der Waals surface area contributed by atoms with Gasteiger partial charge in [0.1, 0.15) is 5.69 Å². The number of carbonyl (C=O) groups is 1. The lowest BCUT2D eigenvalue weighted by Crippen LogP contribution is -2.46. The first-order valence-electron chi connectivity index (χ1n) is 9.09. The molecular weight excluding hydrogens is 312 g/mol. The molecule has 0 saturated carbocycles. The van der Waals surface area contributed by atoms with Gasteiger partial charge in [0.25, 0.3) is 5.91 Å². The van der Waals surface area contributed by atoms with Crippen molar-refractivity contribution in [3.63, 3.8) is 0 Å². The van der Waals surface area contributed by atoms with Gasteiger partial charge in [0, 0.05) is 38.4 Å². The molecule has 5 heteroatoms. The molecule has 1 amide bonds. The number of hydrogen-bond donors (Lipinski definition) is 0. The molecule has 1 aromatic heterocycles. The van der Waals surface area contributed by atoms with Gasteiger partial charge in [0.05, 0.1) is 11.9 Å². The van der Waals surface area contributed by atoms with Crippen molar-refractivity contribution in [3.8, 4) is 0 Å². The minimum Gasteiger partial charge on any atom is -0.368 e. The van der Waals surface area contributed by atoms with Crippen LogP contribution in [0, 0.1) is 0 Å². The van der Waals surface area contributed by atoms with Gasteiger partial charge in [-0.25, -0.2) is 4.98 Å². The zero-order valence-electron chi connectivity index (χ0n) is 14.7. The van der Waals surface area contributed by atoms with Gasteiger partial charge in [0.2, 0.25) is 0 Å². The van der Waals surface area contributed by atoms with Crippen LogP contribution in [-0.2, 0) is 6.42 Å². The van der Waals surface area contributed by atoms with Crippen LogP contribution in [0.1, 0.15) is 23.0 Å². The van der Waals surface area contributed by atoms with Crippen LogP contribution in [0.4, 0.5) is 11.4 Å². The topological polar surface area (TPSA) is 39.7 Å². The average Bonchev–Trinajstić information content (AvgIpc) is 3.12. The normalized spacial score (nSPS) is 17.6. The van der Waals surface area contributed by atoms with E-state index in [0.717, 1.165) is 57.1 Å². The maximum absolute atomic E-state index is 12.8. The summed E-state index contributed by atoms with van der Waals surface area (Å²) in [5.74, 6) is -0.00713. The second kappa shape index (κ2) is 6.84. The van der Waals surface area contributed by atoms with Gasteiger partial charge in [-0.05, 0) is 36.7 Å². The highest BCUT2D eigenvalue weighted by Gasteiger charge is 2.26. The van der Waals surface area contributed by atoms with Crippen LogP contribution >= 0.6 is 0 Å². The molecule has 0 N–H and O–H groups in total. The quantitative estimate of drug-likeness (QED) is 0.863. The second-order valence-corrected chi connectivity index (χ2v) is 6.66. The maximum atomic E-state index is 12.8. The van der Waals surface area contributed by atoms with E-state index in [4.69, 9.17) is 0 Å². The summed E-state index contributed by atoms with van der Waals surface area (Å²) in [5.41, 5.74) is 3.89. The van der Waals surface area contributed by atoms with Gasteiger partial charge in [-0.3, -0.25) is 4.79 Å². The summed E-state index contributed by atoms with van der Waals surface area (Å²) < 4.78 is 0. The van der Waals surface area contributed by atoms with Crippen LogP contribution < -0.4 is 9.80 Å². The number of benzene rings is 1. The van der Waals surface area contributed by atoms with Crippen molar-refractivity contribution in [2.75, 3.05) is 49.1 Å². The highest BCUT2D eigenvalue weighted by Crippen LogP contribution is 2.28. The molecule has 1 fully saturated rings. The van der Waals surface area contributed by atoms with Gasteiger partial charge in [-0.1, -0.05) is 25.1 Å². The van der Waals surface area contributed by atoms with Crippen molar-refractivity contribution in [1.82, 2.24) is 9.88 Å². The zero-order chi connectivity index (χ0) is 17.2.